The summed E-state index contributed by atoms with van der Waals surface area (Å²) in [5, 5.41) is 3.01. The maximum absolute atomic E-state index is 11.7. The maximum Gasteiger partial charge on any atom is 0.223 e. The first-order valence-corrected chi connectivity index (χ1v) is 5.66. The van der Waals surface area contributed by atoms with Gasteiger partial charge in [0.25, 0.3) is 0 Å². The van der Waals surface area contributed by atoms with Crippen LogP contribution in [0.25, 0.3) is 0 Å². The molecule has 1 atom stereocenters. The van der Waals surface area contributed by atoms with E-state index >= 15 is 0 Å². The van der Waals surface area contributed by atoms with Crippen LogP contribution in [0.3, 0.4) is 0 Å². The molecule has 3 heteroatoms. The van der Waals surface area contributed by atoms with Crippen LogP contribution >= 0.6 is 0 Å². The molecule has 14 heavy (non-hydrogen) atoms. The van der Waals surface area contributed by atoms with Crippen LogP contribution in [-0.2, 0) is 4.79 Å². The zero-order chi connectivity index (χ0) is 10.4. The molecule has 1 unspecified atom stereocenters. The molecule has 1 aliphatic heterocycles. The van der Waals surface area contributed by atoms with Crippen LogP contribution in [0.4, 0.5) is 0 Å². The van der Waals surface area contributed by atoms with Gasteiger partial charge in [0.05, 0.1) is 0 Å². The molecule has 1 rings (SSSR count). The Morgan fingerprint density at radius 1 is 1.43 bits per heavy atom. The summed E-state index contributed by atoms with van der Waals surface area (Å²) < 4.78 is 0. The number of carbonyl (C=O) groups is 1. The lowest BCUT2D eigenvalue weighted by molar-refractivity contribution is -0.131. The van der Waals surface area contributed by atoms with Gasteiger partial charge in [-0.3, -0.25) is 4.79 Å². The van der Waals surface area contributed by atoms with Gasteiger partial charge in [-0.15, -0.1) is 0 Å². The molecule has 0 radical (unpaired) electrons. The largest absolute Gasteiger partial charge is 0.343 e. The smallest absolute Gasteiger partial charge is 0.223 e. The number of hydrogen-bond donors (Lipinski definition) is 1. The van der Waals surface area contributed by atoms with Crippen LogP contribution in [0.5, 0.6) is 0 Å². The Bertz CT molecular complexity index is 182. The van der Waals surface area contributed by atoms with Crippen LogP contribution < -0.4 is 5.32 Å². The van der Waals surface area contributed by atoms with E-state index in [-0.39, 0.29) is 0 Å². The monoisotopic (exact) mass is 198 g/mol. The highest BCUT2D eigenvalue weighted by molar-refractivity contribution is 5.76. The molecule has 1 amide bonds. The molecule has 0 aromatic rings. The average molecular weight is 198 g/mol. The molecule has 82 valence electrons. The van der Waals surface area contributed by atoms with Crippen LogP contribution in [0.1, 0.15) is 32.6 Å². The summed E-state index contributed by atoms with van der Waals surface area (Å²) in [6.07, 6.45) is 4.26. The molecular weight excluding hydrogens is 176 g/mol. The topological polar surface area (TPSA) is 32.3 Å². The summed E-state index contributed by atoms with van der Waals surface area (Å²) >= 11 is 0. The van der Waals surface area contributed by atoms with E-state index in [4.69, 9.17) is 0 Å². The number of carbonyl (C=O) groups excluding carboxylic acids is 1. The van der Waals surface area contributed by atoms with Gasteiger partial charge in [0.2, 0.25) is 5.91 Å². The fourth-order valence-corrected chi connectivity index (χ4v) is 1.90. The summed E-state index contributed by atoms with van der Waals surface area (Å²) in [4.78, 5) is 13.7. The Labute approximate surface area is 86.9 Å². The molecule has 1 fully saturated rings. The fourth-order valence-electron chi connectivity index (χ4n) is 1.90. The SMILES string of the molecule is CNCCC(=O)N1CCCC(C)CC1. The summed E-state index contributed by atoms with van der Waals surface area (Å²) in [6, 6.07) is 0. The van der Waals surface area contributed by atoms with Gasteiger partial charge in [-0.2, -0.15) is 0 Å². The number of nitrogens with zero attached hydrogens (tertiary/aromatic N) is 1. The van der Waals surface area contributed by atoms with Crippen LogP contribution in [0.15, 0.2) is 0 Å². The third-order valence-electron chi connectivity index (χ3n) is 2.96. The van der Waals surface area contributed by atoms with E-state index in [1.54, 1.807) is 0 Å². The molecule has 0 aliphatic carbocycles. The van der Waals surface area contributed by atoms with Crippen molar-refractivity contribution in [2.45, 2.75) is 32.6 Å². The second-order valence-electron chi connectivity index (χ2n) is 4.27. The Balaban J connectivity index is 2.31. The molecule has 0 aromatic carbocycles. The van der Waals surface area contributed by atoms with Crippen molar-refractivity contribution < 1.29 is 4.79 Å². The van der Waals surface area contributed by atoms with E-state index in [0.29, 0.717) is 12.3 Å². The van der Waals surface area contributed by atoms with Crippen molar-refractivity contribution in [3.05, 3.63) is 0 Å². The van der Waals surface area contributed by atoms with Crippen molar-refractivity contribution in [3.8, 4) is 0 Å². The van der Waals surface area contributed by atoms with E-state index in [1.165, 1.54) is 19.3 Å². The van der Waals surface area contributed by atoms with Crippen molar-refractivity contribution >= 4 is 5.91 Å². The highest BCUT2D eigenvalue weighted by Gasteiger charge is 2.17. The van der Waals surface area contributed by atoms with E-state index in [1.807, 2.05) is 11.9 Å². The van der Waals surface area contributed by atoms with Gasteiger partial charge < -0.3 is 10.2 Å². The van der Waals surface area contributed by atoms with Crippen molar-refractivity contribution in [1.29, 1.82) is 0 Å². The van der Waals surface area contributed by atoms with Crippen molar-refractivity contribution in [1.82, 2.24) is 10.2 Å². The molecule has 1 heterocycles. The lowest BCUT2D eigenvalue weighted by Gasteiger charge is -2.20. The number of amides is 1. The molecule has 1 saturated heterocycles. The third kappa shape index (κ3) is 3.66. The summed E-state index contributed by atoms with van der Waals surface area (Å²) in [7, 11) is 1.89. The van der Waals surface area contributed by atoms with Gasteiger partial charge >= 0.3 is 0 Å². The van der Waals surface area contributed by atoms with Crippen molar-refractivity contribution in [3.63, 3.8) is 0 Å². The normalized spacial score (nSPS) is 23.3. The third-order valence-corrected chi connectivity index (χ3v) is 2.96. The van der Waals surface area contributed by atoms with E-state index in [0.717, 1.165) is 25.6 Å². The first-order valence-electron chi connectivity index (χ1n) is 5.66. The van der Waals surface area contributed by atoms with E-state index < -0.39 is 0 Å². The zero-order valence-electron chi connectivity index (χ0n) is 9.38. The van der Waals surface area contributed by atoms with Gasteiger partial charge in [-0.25, -0.2) is 0 Å². The summed E-state index contributed by atoms with van der Waals surface area (Å²) in [6.45, 7) is 5.00. The molecule has 0 aromatic heterocycles. The van der Waals surface area contributed by atoms with E-state index in [9.17, 15) is 4.79 Å². The first-order chi connectivity index (χ1) is 6.74. The number of likely N-dealkylation sites (tertiary alicyclic amines) is 1. The van der Waals surface area contributed by atoms with Crippen LogP contribution in [0.2, 0.25) is 0 Å². The molecule has 1 N–H and O–H groups in total. The minimum Gasteiger partial charge on any atom is -0.343 e. The highest BCUT2D eigenvalue weighted by atomic mass is 16.2. The van der Waals surface area contributed by atoms with Crippen molar-refractivity contribution in [2.24, 2.45) is 5.92 Å². The fraction of sp³-hybridized carbons (Fsp3) is 0.909. The molecule has 1 aliphatic rings. The molecule has 0 bridgehead atoms. The average Bonchev–Trinajstić information content (AvgIpc) is 2.39. The lowest BCUT2D eigenvalue weighted by Crippen LogP contribution is -2.33. The summed E-state index contributed by atoms with van der Waals surface area (Å²) in [5.41, 5.74) is 0. The predicted octanol–water partition coefficient (Wildman–Crippen LogP) is 1.24. The van der Waals surface area contributed by atoms with Crippen LogP contribution in [0, 0.1) is 5.92 Å². The molecule has 0 saturated carbocycles. The standard InChI is InChI=1S/C11H22N2O/c1-10-4-3-8-13(9-6-10)11(14)5-7-12-2/h10,12H,3-9H2,1-2H3. The Hall–Kier alpha value is -0.570. The Kier molecular flexibility index (Phi) is 4.94. The Morgan fingerprint density at radius 2 is 2.21 bits per heavy atom. The van der Waals surface area contributed by atoms with Crippen molar-refractivity contribution in [2.75, 3.05) is 26.7 Å². The minimum atomic E-state index is 0.313. The van der Waals surface area contributed by atoms with Crippen LogP contribution in [-0.4, -0.2) is 37.5 Å². The maximum atomic E-state index is 11.7. The molecular formula is C11H22N2O. The number of nitrogens with one attached hydrogen (secondary N) is 1. The zero-order valence-corrected chi connectivity index (χ0v) is 9.38. The van der Waals surface area contributed by atoms with Gasteiger partial charge in [0.15, 0.2) is 0 Å². The highest BCUT2D eigenvalue weighted by Crippen LogP contribution is 2.16. The Morgan fingerprint density at radius 3 is 2.93 bits per heavy atom. The van der Waals surface area contributed by atoms with E-state index in [2.05, 4.69) is 12.2 Å². The van der Waals surface area contributed by atoms with Gasteiger partial charge in [0, 0.05) is 26.1 Å². The number of rotatable bonds is 3. The summed E-state index contributed by atoms with van der Waals surface area (Å²) in [5.74, 6) is 1.10. The van der Waals surface area contributed by atoms with Gasteiger partial charge in [-0.05, 0) is 32.2 Å². The van der Waals surface area contributed by atoms with Gasteiger partial charge in [0.1, 0.15) is 0 Å². The second kappa shape index (κ2) is 6.02. The molecule has 0 spiro atoms. The first kappa shape index (κ1) is 11.5. The lowest BCUT2D eigenvalue weighted by atomic mass is 10.0. The second-order valence-corrected chi connectivity index (χ2v) is 4.27. The quantitative estimate of drug-likeness (QED) is 0.740. The number of hydrogen-bond acceptors (Lipinski definition) is 2. The molecule has 3 nitrogen and oxygen atoms in total. The van der Waals surface area contributed by atoms with Gasteiger partial charge in [-0.1, -0.05) is 6.92 Å². The predicted molar refractivity (Wildman–Crippen MR) is 58.1 cm³/mol. The minimum absolute atomic E-state index is 0.313.